The molecule has 0 aliphatic rings. The first kappa shape index (κ1) is 21.4. The predicted molar refractivity (Wildman–Crippen MR) is 113 cm³/mol. The number of carbonyl (C=O) groups is 1. The Morgan fingerprint density at radius 1 is 1.27 bits per heavy atom. The topological polar surface area (TPSA) is 96.9 Å². The van der Waals surface area contributed by atoms with Crippen LogP contribution in [0.15, 0.2) is 39.9 Å². The highest BCUT2D eigenvalue weighted by Gasteiger charge is 2.26. The van der Waals surface area contributed by atoms with Gasteiger partial charge in [0.05, 0.1) is 10.9 Å². The molecular formula is C22H25FN4O3. The first-order chi connectivity index (χ1) is 14.0. The maximum absolute atomic E-state index is 14.2. The first-order valence-electron chi connectivity index (χ1n) is 9.70. The number of aryl methyl sites for hydroxylation is 1. The van der Waals surface area contributed by atoms with E-state index in [1.165, 1.54) is 17.7 Å². The molecular weight excluding hydrogens is 387 g/mol. The molecule has 2 N–H and O–H groups in total. The molecule has 1 aromatic carbocycles. The molecule has 30 heavy (non-hydrogen) atoms. The van der Waals surface area contributed by atoms with E-state index in [1.54, 1.807) is 24.3 Å². The molecule has 2 aromatic heterocycles. The second kappa shape index (κ2) is 7.85. The number of pyridine rings is 1. The van der Waals surface area contributed by atoms with Gasteiger partial charge in [-0.05, 0) is 23.6 Å². The minimum Gasteiger partial charge on any atom is -0.351 e. The Balaban J connectivity index is 2.04. The number of fused-ring (bicyclic) bond motifs is 1. The maximum Gasteiger partial charge on any atom is 0.329 e. The van der Waals surface area contributed by atoms with Crippen LogP contribution >= 0.6 is 0 Å². The highest BCUT2D eigenvalue weighted by atomic mass is 19.1. The molecule has 158 valence electrons. The van der Waals surface area contributed by atoms with E-state index in [4.69, 9.17) is 0 Å². The highest BCUT2D eigenvalue weighted by molar-refractivity contribution is 6.05. The number of H-pyrrole nitrogens is 1. The van der Waals surface area contributed by atoms with Gasteiger partial charge >= 0.3 is 5.69 Å². The molecule has 0 radical (unpaired) electrons. The smallest absolute Gasteiger partial charge is 0.329 e. The number of hydrogen-bond donors (Lipinski definition) is 2. The number of aromatic nitrogens is 3. The number of carbonyl (C=O) groups excluding carboxylic acids is 1. The lowest BCUT2D eigenvalue weighted by atomic mass is 9.84. The van der Waals surface area contributed by atoms with Crippen molar-refractivity contribution in [3.63, 3.8) is 0 Å². The van der Waals surface area contributed by atoms with E-state index in [-0.39, 0.29) is 34.9 Å². The Morgan fingerprint density at radius 3 is 2.57 bits per heavy atom. The minimum absolute atomic E-state index is 0.0230. The number of nitrogens with zero attached hydrogens (tertiary/aromatic N) is 2. The van der Waals surface area contributed by atoms with Crippen LogP contribution in [0.4, 0.5) is 4.39 Å². The van der Waals surface area contributed by atoms with E-state index in [2.05, 4.69) is 15.3 Å². The van der Waals surface area contributed by atoms with Crippen molar-refractivity contribution in [2.75, 3.05) is 6.54 Å². The summed E-state index contributed by atoms with van der Waals surface area (Å²) in [5.74, 6) is -0.859. The Labute approximate surface area is 173 Å². The average molecular weight is 412 g/mol. The molecule has 1 amide bonds. The monoisotopic (exact) mass is 412 g/mol. The van der Waals surface area contributed by atoms with Crippen molar-refractivity contribution in [2.45, 2.75) is 39.0 Å². The van der Waals surface area contributed by atoms with Gasteiger partial charge in [0, 0.05) is 24.7 Å². The number of nitrogens with one attached hydrogen (secondary N) is 2. The van der Waals surface area contributed by atoms with Gasteiger partial charge in [-0.25, -0.2) is 14.2 Å². The zero-order valence-corrected chi connectivity index (χ0v) is 17.7. The van der Waals surface area contributed by atoms with E-state index in [0.29, 0.717) is 11.3 Å². The molecule has 7 nitrogen and oxygen atoms in total. The SMILES string of the molecule is CC(C)c1cc(C(=O)NCC(C)(C)c2ccccc2F)c2c(=O)[nH]c(=O)n(C)c2n1. The van der Waals surface area contributed by atoms with Crippen LogP contribution in [-0.4, -0.2) is 27.0 Å². The summed E-state index contributed by atoms with van der Waals surface area (Å²) in [5.41, 5.74) is -0.611. The van der Waals surface area contributed by atoms with Crippen LogP contribution in [0.3, 0.4) is 0 Å². The molecule has 8 heteroatoms. The fraction of sp³-hybridized carbons (Fsp3) is 0.364. The second-order valence-electron chi connectivity index (χ2n) is 8.31. The molecule has 0 saturated heterocycles. The number of amides is 1. The molecule has 0 unspecified atom stereocenters. The normalized spacial score (nSPS) is 11.8. The van der Waals surface area contributed by atoms with Crippen LogP contribution in [0.25, 0.3) is 11.0 Å². The van der Waals surface area contributed by atoms with Crippen LogP contribution in [0.5, 0.6) is 0 Å². The molecule has 2 heterocycles. The van der Waals surface area contributed by atoms with Crippen LogP contribution in [-0.2, 0) is 12.5 Å². The lowest BCUT2D eigenvalue weighted by Gasteiger charge is -2.26. The fourth-order valence-corrected chi connectivity index (χ4v) is 3.33. The van der Waals surface area contributed by atoms with Crippen LogP contribution in [0, 0.1) is 5.82 Å². The molecule has 0 aliphatic carbocycles. The molecule has 0 spiro atoms. The average Bonchev–Trinajstić information content (AvgIpc) is 2.69. The van der Waals surface area contributed by atoms with Gasteiger partial charge in [-0.3, -0.25) is 19.1 Å². The van der Waals surface area contributed by atoms with Crippen LogP contribution in [0.2, 0.25) is 0 Å². The summed E-state index contributed by atoms with van der Waals surface area (Å²) in [4.78, 5) is 44.2. The Bertz CT molecular complexity index is 1240. The summed E-state index contributed by atoms with van der Waals surface area (Å²) < 4.78 is 15.4. The Hall–Kier alpha value is -3.29. The maximum atomic E-state index is 14.2. The fourth-order valence-electron chi connectivity index (χ4n) is 3.33. The highest BCUT2D eigenvalue weighted by Crippen LogP contribution is 2.25. The van der Waals surface area contributed by atoms with E-state index in [1.807, 2.05) is 27.7 Å². The quantitative estimate of drug-likeness (QED) is 0.673. The molecule has 0 saturated carbocycles. The van der Waals surface area contributed by atoms with Crippen LogP contribution < -0.4 is 16.6 Å². The van der Waals surface area contributed by atoms with E-state index < -0.39 is 22.6 Å². The third-order valence-electron chi connectivity index (χ3n) is 5.22. The minimum atomic E-state index is -0.677. The van der Waals surface area contributed by atoms with Gasteiger partial charge in [-0.1, -0.05) is 45.9 Å². The summed E-state index contributed by atoms with van der Waals surface area (Å²) in [6, 6.07) is 7.98. The molecule has 0 aliphatic heterocycles. The van der Waals surface area contributed by atoms with Crippen molar-refractivity contribution < 1.29 is 9.18 Å². The first-order valence-corrected chi connectivity index (χ1v) is 9.70. The third kappa shape index (κ3) is 3.90. The van der Waals surface area contributed by atoms with Crippen molar-refractivity contribution in [3.05, 3.63) is 73.8 Å². The van der Waals surface area contributed by atoms with Gasteiger partial charge < -0.3 is 5.32 Å². The molecule has 0 fully saturated rings. The van der Waals surface area contributed by atoms with Gasteiger partial charge in [-0.2, -0.15) is 0 Å². The standard InChI is InChI=1S/C22H25FN4O3/c1-12(2)16-10-13(17-18(25-16)27(5)21(30)26-20(17)29)19(28)24-11-22(3,4)14-8-6-7-9-15(14)23/h6-10,12H,11H2,1-5H3,(H,24,28)(H,26,29,30). The zero-order chi connectivity index (χ0) is 22.2. The van der Waals surface area contributed by atoms with E-state index >= 15 is 0 Å². The molecule has 0 bridgehead atoms. The number of hydrogen-bond acceptors (Lipinski definition) is 4. The third-order valence-corrected chi connectivity index (χ3v) is 5.22. The summed E-state index contributed by atoms with van der Waals surface area (Å²) in [7, 11) is 1.49. The number of halogens is 1. The van der Waals surface area contributed by atoms with Gasteiger partial charge in [0.2, 0.25) is 0 Å². The van der Waals surface area contributed by atoms with Gasteiger partial charge in [0.25, 0.3) is 11.5 Å². The van der Waals surface area contributed by atoms with Crippen molar-refractivity contribution in [3.8, 4) is 0 Å². The molecule has 3 aromatic rings. The lowest BCUT2D eigenvalue weighted by Crippen LogP contribution is -2.38. The molecule has 0 atom stereocenters. The van der Waals surface area contributed by atoms with Crippen molar-refractivity contribution >= 4 is 16.9 Å². The Kier molecular flexibility index (Phi) is 5.61. The Morgan fingerprint density at radius 2 is 1.93 bits per heavy atom. The van der Waals surface area contributed by atoms with Crippen LogP contribution in [0.1, 0.15) is 55.2 Å². The van der Waals surface area contributed by atoms with Crippen molar-refractivity contribution in [1.82, 2.24) is 19.9 Å². The summed E-state index contributed by atoms with van der Waals surface area (Å²) in [6.07, 6.45) is 0. The van der Waals surface area contributed by atoms with Gasteiger partial charge in [0.1, 0.15) is 11.5 Å². The largest absolute Gasteiger partial charge is 0.351 e. The summed E-state index contributed by atoms with van der Waals surface area (Å²) in [6.45, 7) is 7.61. The van der Waals surface area contributed by atoms with Crippen molar-refractivity contribution in [1.29, 1.82) is 0 Å². The van der Waals surface area contributed by atoms with E-state index in [9.17, 15) is 18.8 Å². The number of rotatable bonds is 5. The summed E-state index contributed by atoms with van der Waals surface area (Å²) in [5, 5.41) is 2.86. The zero-order valence-electron chi connectivity index (χ0n) is 17.7. The molecule has 3 rings (SSSR count). The van der Waals surface area contributed by atoms with E-state index in [0.717, 1.165) is 0 Å². The van der Waals surface area contributed by atoms with Crippen molar-refractivity contribution in [2.24, 2.45) is 7.05 Å². The number of benzene rings is 1. The predicted octanol–water partition coefficient (Wildman–Crippen LogP) is 2.59. The summed E-state index contributed by atoms with van der Waals surface area (Å²) >= 11 is 0. The van der Waals surface area contributed by atoms with Gasteiger partial charge in [0.15, 0.2) is 0 Å². The lowest BCUT2D eigenvalue weighted by molar-refractivity contribution is 0.0946. The van der Waals surface area contributed by atoms with Gasteiger partial charge in [-0.15, -0.1) is 0 Å². The number of aromatic amines is 1. The second-order valence-corrected chi connectivity index (χ2v) is 8.31.